The Hall–Kier alpha value is -1.73. The molecule has 2 nitrogen and oxygen atoms in total. The number of aliphatic imine (C=N–C) groups is 1. The minimum atomic E-state index is 0.876. The zero-order chi connectivity index (χ0) is 16.5. The molecule has 0 fully saturated rings. The second kappa shape index (κ2) is 9.42. The number of unbranched alkanes of at least 4 members (excludes halogenated alkanes) is 1. The van der Waals surface area contributed by atoms with Crippen LogP contribution in [0.2, 0.25) is 0 Å². The van der Waals surface area contributed by atoms with Crippen LogP contribution in [0.5, 0.6) is 0 Å². The predicted molar refractivity (Wildman–Crippen MR) is 94.7 cm³/mol. The Labute approximate surface area is 147 Å². The molecule has 2 aromatic carbocycles. The molecule has 0 bridgehead atoms. The Bertz CT molecular complexity index is 661. The number of para-hydroxylation sites is 2. The first kappa shape index (κ1) is 17.6. The van der Waals surface area contributed by atoms with Crippen LogP contribution in [0.25, 0.3) is 0 Å². The summed E-state index contributed by atoms with van der Waals surface area (Å²) >= 11 is 5.36. The Balaban J connectivity index is 2.46. The standard InChI is InChI=1S/C20H24N2.Ni/c1-3-5-16-20(22-18-14-10-7-11-15-18)19(4-2)21-17-12-8-6-9-13-17;/h6-15H,3-5,16H2,1-2H3;/q;+1. The van der Waals surface area contributed by atoms with Crippen molar-refractivity contribution in [2.75, 3.05) is 0 Å². The fourth-order valence-electron chi connectivity index (χ4n) is 2.40. The molecule has 0 saturated heterocycles. The summed E-state index contributed by atoms with van der Waals surface area (Å²) in [4.78, 5) is 4.85. The van der Waals surface area contributed by atoms with Crippen LogP contribution >= 0.6 is 0 Å². The summed E-state index contributed by atoms with van der Waals surface area (Å²) in [5.41, 5.74) is 4.27. The number of hydrogen-bond acceptors (Lipinski definition) is 1. The Morgan fingerprint density at radius 2 is 1.57 bits per heavy atom. The van der Waals surface area contributed by atoms with Crippen molar-refractivity contribution in [2.24, 2.45) is 4.99 Å². The number of benzene rings is 2. The molecule has 0 aromatic heterocycles. The van der Waals surface area contributed by atoms with Crippen molar-refractivity contribution in [3.63, 3.8) is 0 Å². The van der Waals surface area contributed by atoms with Gasteiger partial charge in [-0.05, 0) is 0 Å². The molecule has 2 rings (SSSR count). The average Bonchev–Trinajstić information content (AvgIpc) is 2.62. The molecular weight excluding hydrogens is 327 g/mol. The molecule has 0 spiro atoms. The van der Waals surface area contributed by atoms with Crippen LogP contribution in [-0.2, 0) is 15.7 Å². The Kier molecular flexibility index (Phi) is 7.22. The summed E-state index contributed by atoms with van der Waals surface area (Å²) in [6.07, 6.45) is 4.11. The molecule has 3 heteroatoms. The molecule has 0 N–H and O–H groups in total. The summed E-state index contributed by atoms with van der Waals surface area (Å²) in [6.45, 7) is 4.35. The molecule has 0 radical (unpaired) electrons. The molecule has 0 aliphatic carbocycles. The van der Waals surface area contributed by atoms with E-state index in [1.165, 1.54) is 0 Å². The van der Waals surface area contributed by atoms with E-state index in [0.29, 0.717) is 0 Å². The van der Waals surface area contributed by atoms with Crippen molar-refractivity contribution in [3.05, 3.63) is 60.7 Å². The fraction of sp³-hybridized carbons (Fsp3) is 0.300. The van der Waals surface area contributed by atoms with Crippen LogP contribution in [-0.4, -0.2) is 15.1 Å². The van der Waals surface area contributed by atoms with Gasteiger partial charge in [-0.1, -0.05) is 0 Å². The van der Waals surface area contributed by atoms with E-state index in [4.69, 9.17) is 20.7 Å². The van der Waals surface area contributed by atoms with Crippen LogP contribution in [0.4, 0.5) is 11.4 Å². The average molecular weight is 351 g/mol. The van der Waals surface area contributed by atoms with E-state index in [1.807, 2.05) is 52.2 Å². The maximum atomic E-state index is 5.36. The molecule has 0 unspecified atom stereocenters. The monoisotopic (exact) mass is 350 g/mol. The molecule has 2 aromatic rings. The van der Waals surface area contributed by atoms with Gasteiger partial charge in [-0.15, -0.1) is 0 Å². The second-order valence-corrected chi connectivity index (χ2v) is 5.83. The van der Waals surface area contributed by atoms with E-state index in [-0.39, 0.29) is 0 Å². The number of rotatable bonds is 7. The van der Waals surface area contributed by atoms with Gasteiger partial charge in [0.1, 0.15) is 0 Å². The van der Waals surface area contributed by atoms with Gasteiger partial charge in [0.2, 0.25) is 0 Å². The Morgan fingerprint density at radius 1 is 0.957 bits per heavy atom. The molecule has 0 heterocycles. The van der Waals surface area contributed by atoms with Crippen LogP contribution < -0.4 is 0 Å². The third-order valence-corrected chi connectivity index (χ3v) is 4.16. The van der Waals surface area contributed by atoms with Gasteiger partial charge in [0.15, 0.2) is 0 Å². The Morgan fingerprint density at radius 3 is 2.13 bits per heavy atom. The van der Waals surface area contributed by atoms with Crippen LogP contribution in [0.1, 0.15) is 39.5 Å². The van der Waals surface area contributed by atoms with Crippen molar-refractivity contribution in [3.8, 4) is 0 Å². The van der Waals surface area contributed by atoms with E-state index >= 15 is 0 Å². The quantitative estimate of drug-likeness (QED) is 0.455. The van der Waals surface area contributed by atoms with Gasteiger partial charge in [0.05, 0.1) is 0 Å². The molecule has 0 atom stereocenters. The van der Waals surface area contributed by atoms with E-state index in [0.717, 1.165) is 48.5 Å². The predicted octanol–water partition coefficient (Wildman–Crippen LogP) is 5.61. The molecule has 0 aliphatic heterocycles. The van der Waals surface area contributed by atoms with Gasteiger partial charge < -0.3 is 0 Å². The third-order valence-electron chi connectivity index (χ3n) is 3.64. The molecule has 123 valence electrons. The van der Waals surface area contributed by atoms with Gasteiger partial charge in [0, 0.05) is 0 Å². The van der Waals surface area contributed by atoms with E-state index < -0.39 is 0 Å². The van der Waals surface area contributed by atoms with Crippen LogP contribution in [0.15, 0.2) is 65.7 Å². The molecule has 0 aliphatic rings. The van der Waals surface area contributed by atoms with Gasteiger partial charge in [0.25, 0.3) is 0 Å². The molecule has 0 saturated carbocycles. The summed E-state index contributed by atoms with van der Waals surface area (Å²) in [5, 5.41) is 0. The molecule has 23 heavy (non-hydrogen) atoms. The van der Waals surface area contributed by atoms with Crippen molar-refractivity contribution < 1.29 is 19.3 Å². The summed E-state index contributed by atoms with van der Waals surface area (Å²) in [5.74, 6) is 0. The zero-order valence-corrected chi connectivity index (χ0v) is 14.8. The third kappa shape index (κ3) is 5.15. The number of hydrogen-bond donors (Lipinski definition) is 0. The van der Waals surface area contributed by atoms with Crippen LogP contribution in [0, 0.1) is 0 Å². The fourth-order valence-corrected chi connectivity index (χ4v) is 2.78. The summed E-state index contributed by atoms with van der Waals surface area (Å²) in [7, 11) is 0. The van der Waals surface area contributed by atoms with Gasteiger partial charge in [-0.2, -0.15) is 0 Å². The van der Waals surface area contributed by atoms with E-state index in [9.17, 15) is 0 Å². The molecule has 0 amide bonds. The zero-order valence-electron chi connectivity index (χ0n) is 13.8. The van der Waals surface area contributed by atoms with Crippen molar-refractivity contribution >= 4 is 22.8 Å². The molecular formula is C20H24N2Ni+. The van der Waals surface area contributed by atoms with Crippen LogP contribution in [0.3, 0.4) is 0 Å². The number of nitrogens with zero attached hydrogens (tertiary/aromatic N) is 2. The maximum absolute atomic E-state index is 5.36. The normalized spacial score (nSPS) is 13.0. The van der Waals surface area contributed by atoms with Crippen molar-refractivity contribution in [1.82, 2.24) is 0 Å². The first-order valence-electron chi connectivity index (χ1n) is 8.23. The topological polar surface area (TPSA) is 15.4 Å². The summed E-state index contributed by atoms with van der Waals surface area (Å²) < 4.78 is 1.92. The van der Waals surface area contributed by atoms with E-state index in [2.05, 4.69) is 26.0 Å². The van der Waals surface area contributed by atoms with Crippen molar-refractivity contribution in [1.29, 1.82) is 0 Å². The second-order valence-electron chi connectivity index (χ2n) is 5.39. The summed E-state index contributed by atoms with van der Waals surface area (Å²) in [6, 6.07) is 20.3. The minimum absolute atomic E-state index is 0.876. The van der Waals surface area contributed by atoms with Gasteiger partial charge >= 0.3 is 147 Å². The van der Waals surface area contributed by atoms with E-state index in [1.54, 1.807) is 0 Å². The van der Waals surface area contributed by atoms with Gasteiger partial charge in [-0.25, -0.2) is 0 Å². The van der Waals surface area contributed by atoms with Crippen molar-refractivity contribution in [2.45, 2.75) is 39.5 Å². The van der Waals surface area contributed by atoms with Gasteiger partial charge in [-0.3, -0.25) is 0 Å². The first-order chi connectivity index (χ1) is 11.3. The SMILES string of the molecule is CCCCC(C(CC)=Nc1ccccc1)=[N+]([Ni])c1ccccc1. The first-order valence-corrected chi connectivity index (χ1v) is 8.67.